The van der Waals surface area contributed by atoms with Crippen LogP contribution in [-0.2, 0) is 7.05 Å². The van der Waals surface area contributed by atoms with Crippen LogP contribution in [0.25, 0.3) is 5.69 Å². The fraction of sp³-hybridized carbons (Fsp3) is 0.211. The smallest absolute Gasteiger partial charge is 0.156 e. The third-order valence-corrected chi connectivity index (χ3v) is 7.93. The van der Waals surface area contributed by atoms with E-state index in [1.165, 1.54) is 21.9 Å². The van der Waals surface area contributed by atoms with E-state index in [1.54, 1.807) is 0 Å². The van der Waals surface area contributed by atoms with Crippen molar-refractivity contribution in [3.05, 3.63) is 72.4 Å². The summed E-state index contributed by atoms with van der Waals surface area (Å²) >= 11 is 0. The number of aryl methyl sites for hydroxylation is 1. The summed E-state index contributed by atoms with van der Waals surface area (Å²) in [6.07, 6.45) is 0. The number of hydrogen-bond acceptors (Lipinski definition) is 0. The Morgan fingerprint density at radius 3 is 2.00 bits per heavy atom. The molecule has 3 rings (SSSR count). The Kier molecular flexibility index (Phi) is 3.75. The van der Waals surface area contributed by atoms with Crippen molar-refractivity contribution in [3.8, 4) is 5.69 Å². The van der Waals surface area contributed by atoms with E-state index in [-0.39, 0.29) is 0 Å². The quantitative estimate of drug-likeness (QED) is 0.519. The molecule has 2 aromatic carbocycles. The van der Waals surface area contributed by atoms with Crippen LogP contribution >= 0.6 is 0 Å². The van der Waals surface area contributed by atoms with E-state index < -0.39 is 8.07 Å². The predicted octanol–water partition coefficient (Wildman–Crippen LogP) is 2.43. The van der Waals surface area contributed by atoms with Gasteiger partial charge in [-0.2, -0.15) is 4.68 Å². The van der Waals surface area contributed by atoms with Crippen LogP contribution in [0.4, 0.5) is 0 Å². The molecule has 3 heteroatoms. The maximum absolute atomic E-state index is 2.43. The Labute approximate surface area is 133 Å². The first-order valence-electron chi connectivity index (χ1n) is 7.72. The minimum atomic E-state index is -1.75. The summed E-state index contributed by atoms with van der Waals surface area (Å²) in [5.41, 5.74) is 2.51. The molecule has 0 unspecified atom stereocenters. The van der Waals surface area contributed by atoms with Gasteiger partial charge in [0.2, 0.25) is 5.69 Å². The highest BCUT2D eigenvalue weighted by molar-refractivity contribution is 6.99. The zero-order valence-electron chi connectivity index (χ0n) is 13.7. The Bertz CT molecular complexity index is 774. The van der Waals surface area contributed by atoms with Gasteiger partial charge >= 0.3 is 0 Å². The van der Waals surface area contributed by atoms with E-state index in [9.17, 15) is 0 Å². The van der Waals surface area contributed by atoms with Crippen LogP contribution in [0.5, 0.6) is 0 Å². The van der Waals surface area contributed by atoms with Gasteiger partial charge in [-0.1, -0.05) is 66.3 Å². The minimum Gasteiger partial charge on any atom is -0.156 e. The highest BCUT2D eigenvalue weighted by Crippen LogP contribution is 2.07. The van der Waals surface area contributed by atoms with Crippen LogP contribution in [0.2, 0.25) is 13.1 Å². The SMILES string of the molecule is Cc1cc([Si](C)(C)c2ccccc2)[n+](-c2ccccc2)n1C. The molecule has 0 atom stereocenters. The van der Waals surface area contributed by atoms with Gasteiger partial charge in [0.05, 0.1) is 12.7 Å². The molecule has 0 aliphatic heterocycles. The van der Waals surface area contributed by atoms with Crippen LogP contribution in [0.15, 0.2) is 66.7 Å². The van der Waals surface area contributed by atoms with Crippen molar-refractivity contribution in [1.82, 2.24) is 4.68 Å². The molecular formula is C19H23N2Si+. The van der Waals surface area contributed by atoms with E-state index in [2.05, 4.69) is 103 Å². The molecule has 0 spiro atoms. The van der Waals surface area contributed by atoms with E-state index in [1.807, 2.05) is 0 Å². The molecule has 0 aliphatic rings. The molecule has 1 heterocycles. The molecule has 0 aliphatic carbocycles. The van der Waals surface area contributed by atoms with Crippen LogP contribution in [0.1, 0.15) is 5.69 Å². The Morgan fingerprint density at radius 1 is 0.864 bits per heavy atom. The molecule has 2 nitrogen and oxygen atoms in total. The lowest BCUT2D eigenvalue weighted by Crippen LogP contribution is -2.67. The summed E-state index contributed by atoms with van der Waals surface area (Å²) in [6.45, 7) is 7.03. The fourth-order valence-electron chi connectivity index (χ4n) is 3.00. The second-order valence-electron chi connectivity index (χ2n) is 6.33. The second kappa shape index (κ2) is 5.58. The third-order valence-electron chi connectivity index (χ3n) is 4.52. The average molecular weight is 307 g/mol. The first-order valence-corrected chi connectivity index (χ1v) is 10.7. The van der Waals surface area contributed by atoms with Gasteiger partial charge in [-0.3, -0.25) is 0 Å². The third kappa shape index (κ3) is 2.42. The summed E-state index contributed by atoms with van der Waals surface area (Å²) in [5, 5.41) is 2.90. The van der Waals surface area contributed by atoms with E-state index in [0.717, 1.165) is 0 Å². The van der Waals surface area contributed by atoms with Gasteiger partial charge in [-0.15, -0.1) is 0 Å². The van der Waals surface area contributed by atoms with E-state index >= 15 is 0 Å². The monoisotopic (exact) mass is 307 g/mol. The van der Waals surface area contributed by atoms with Crippen molar-refractivity contribution in [1.29, 1.82) is 0 Å². The highest BCUT2D eigenvalue weighted by atomic mass is 28.3. The first-order chi connectivity index (χ1) is 10.5. The molecule has 0 amide bonds. The molecule has 112 valence electrons. The van der Waals surface area contributed by atoms with Crippen LogP contribution < -0.4 is 15.2 Å². The molecular weight excluding hydrogens is 284 g/mol. The van der Waals surface area contributed by atoms with Crippen molar-refractivity contribution in [3.63, 3.8) is 0 Å². The first kappa shape index (κ1) is 14.8. The molecule has 0 bridgehead atoms. The van der Waals surface area contributed by atoms with Gasteiger partial charge < -0.3 is 0 Å². The fourth-order valence-corrected chi connectivity index (χ4v) is 5.70. The average Bonchev–Trinajstić information content (AvgIpc) is 2.85. The molecule has 0 radical (unpaired) electrons. The van der Waals surface area contributed by atoms with Crippen molar-refractivity contribution < 1.29 is 4.68 Å². The van der Waals surface area contributed by atoms with Crippen molar-refractivity contribution in [2.75, 3.05) is 0 Å². The molecule has 0 N–H and O–H groups in total. The topological polar surface area (TPSA) is 8.81 Å². The number of hydrogen-bond donors (Lipinski definition) is 0. The number of benzene rings is 2. The lowest BCUT2D eigenvalue weighted by Gasteiger charge is -2.18. The molecule has 0 fully saturated rings. The van der Waals surface area contributed by atoms with Crippen molar-refractivity contribution in [2.45, 2.75) is 20.0 Å². The number of rotatable bonds is 3. The summed E-state index contributed by atoms with van der Waals surface area (Å²) in [5.74, 6) is 0. The van der Waals surface area contributed by atoms with E-state index in [4.69, 9.17) is 0 Å². The maximum atomic E-state index is 2.43. The lowest BCUT2D eigenvalue weighted by molar-refractivity contribution is -0.667. The van der Waals surface area contributed by atoms with Gasteiger partial charge in [-0.05, 0) is 12.1 Å². The zero-order valence-corrected chi connectivity index (χ0v) is 14.7. The normalized spacial score (nSPS) is 11.6. The predicted molar refractivity (Wildman–Crippen MR) is 94.9 cm³/mol. The van der Waals surface area contributed by atoms with Crippen LogP contribution in [0, 0.1) is 6.92 Å². The maximum Gasteiger partial charge on any atom is 0.235 e. The number of aromatic nitrogens is 2. The van der Waals surface area contributed by atoms with Gasteiger partial charge in [0.1, 0.15) is 0 Å². The molecule has 0 saturated carbocycles. The largest absolute Gasteiger partial charge is 0.235 e. The molecule has 0 saturated heterocycles. The standard InChI is InChI=1S/C19H23N2Si/c1-16-15-19(22(3,4)18-13-9-6-10-14-18)21(20(16)2)17-11-7-5-8-12-17/h5-15H,1-4H3/q+1. The van der Waals surface area contributed by atoms with Crippen molar-refractivity contribution in [2.24, 2.45) is 7.05 Å². The Balaban J connectivity index is 2.22. The highest BCUT2D eigenvalue weighted by Gasteiger charge is 2.38. The van der Waals surface area contributed by atoms with Gasteiger partial charge in [0.25, 0.3) is 0 Å². The Hall–Kier alpha value is -2.13. The number of nitrogens with zero attached hydrogens (tertiary/aromatic N) is 2. The summed E-state index contributed by atoms with van der Waals surface area (Å²) in [4.78, 5) is 0. The summed E-state index contributed by atoms with van der Waals surface area (Å²) in [7, 11) is 0.389. The van der Waals surface area contributed by atoms with Crippen LogP contribution in [-0.4, -0.2) is 12.8 Å². The lowest BCUT2D eigenvalue weighted by atomic mass is 10.3. The van der Waals surface area contributed by atoms with Crippen LogP contribution in [0.3, 0.4) is 0 Å². The van der Waals surface area contributed by atoms with Gasteiger partial charge in [0.15, 0.2) is 13.4 Å². The second-order valence-corrected chi connectivity index (χ2v) is 10.7. The summed E-state index contributed by atoms with van der Waals surface area (Å²) in [6, 6.07) is 23.9. The van der Waals surface area contributed by atoms with Gasteiger partial charge in [-0.25, -0.2) is 0 Å². The number of para-hydroxylation sites is 1. The molecule has 3 aromatic rings. The molecule has 1 aromatic heterocycles. The Morgan fingerprint density at radius 2 is 1.41 bits per heavy atom. The van der Waals surface area contributed by atoms with E-state index in [0.29, 0.717) is 0 Å². The van der Waals surface area contributed by atoms with Gasteiger partial charge in [0, 0.05) is 18.2 Å². The zero-order chi connectivity index (χ0) is 15.7. The van der Waals surface area contributed by atoms with Crippen molar-refractivity contribution >= 4 is 18.6 Å². The summed E-state index contributed by atoms with van der Waals surface area (Å²) < 4.78 is 4.62. The minimum absolute atomic E-state index is 1.23. The molecule has 22 heavy (non-hydrogen) atoms.